The Morgan fingerprint density at radius 3 is 3.00 bits per heavy atom. The van der Waals surface area contributed by atoms with Gasteiger partial charge in [0.1, 0.15) is 6.04 Å². The van der Waals surface area contributed by atoms with Gasteiger partial charge in [-0.05, 0) is 23.9 Å². The third-order valence-corrected chi connectivity index (χ3v) is 3.11. The highest BCUT2D eigenvalue weighted by molar-refractivity contribution is 7.14. The standard InChI is InChI=1S/C9H9NO3S/c11-7-4-3-6(9(12)13)10(7)8-2-1-5-14-8/h1-2,5-6H,3-4H2,(H,12,13)/t6-/m1/s1. The summed E-state index contributed by atoms with van der Waals surface area (Å²) in [4.78, 5) is 23.7. The van der Waals surface area contributed by atoms with Crippen LogP contribution in [0.4, 0.5) is 5.00 Å². The summed E-state index contributed by atoms with van der Waals surface area (Å²) in [5.41, 5.74) is 0. The van der Waals surface area contributed by atoms with Gasteiger partial charge in [0.15, 0.2) is 0 Å². The molecule has 74 valence electrons. The fourth-order valence-electron chi connectivity index (χ4n) is 1.60. The normalized spacial score (nSPS) is 21.6. The first-order valence-corrected chi connectivity index (χ1v) is 5.16. The van der Waals surface area contributed by atoms with E-state index in [0.717, 1.165) is 5.00 Å². The van der Waals surface area contributed by atoms with Crippen LogP contribution in [0.15, 0.2) is 17.5 Å². The highest BCUT2D eigenvalue weighted by Gasteiger charge is 2.37. The fraction of sp³-hybridized carbons (Fsp3) is 0.333. The molecule has 2 rings (SSSR count). The molecule has 0 saturated carbocycles. The molecule has 5 heteroatoms. The Bertz CT molecular complexity index is 360. The maximum Gasteiger partial charge on any atom is 0.326 e. The van der Waals surface area contributed by atoms with Crippen molar-refractivity contribution in [2.24, 2.45) is 0 Å². The maximum absolute atomic E-state index is 11.5. The van der Waals surface area contributed by atoms with E-state index in [1.165, 1.54) is 16.2 Å². The van der Waals surface area contributed by atoms with Gasteiger partial charge in [0, 0.05) is 6.42 Å². The van der Waals surface area contributed by atoms with Crippen LogP contribution in [0.5, 0.6) is 0 Å². The second-order valence-corrected chi connectivity index (χ2v) is 4.03. The van der Waals surface area contributed by atoms with E-state index in [-0.39, 0.29) is 5.91 Å². The van der Waals surface area contributed by atoms with Crippen LogP contribution in [-0.4, -0.2) is 23.0 Å². The van der Waals surface area contributed by atoms with E-state index in [1.54, 1.807) is 6.07 Å². The summed E-state index contributed by atoms with van der Waals surface area (Å²) in [5, 5.41) is 11.5. The monoisotopic (exact) mass is 211 g/mol. The number of nitrogens with zero attached hydrogens (tertiary/aromatic N) is 1. The molecule has 1 aliphatic rings. The van der Waals surface area contributed by atoms with Crippen LogP contribution in [0.25, 0.3) is 0 Å². The maximum atomic E-state index is 11.5. The summed E-state index contributed by atoms with van der Waals surface area (Å²) in [6.07, 6.45) is 0.737. The Hall–Kier alpha value is -1.36. The van der Waals surface area contributed by atoms with E-state index in [4.69, 9.17) is 5.11 Å². The predicted molar refractivity (Wildman–Crippen MR) is 52.5 cm³/mol. The van der Waals surface area contributed by atoms with Crippen LogP contribution in [0.3, 0.4) is 0 Å². The molecule has 14 heavy (non-hydrogen) atoms. The van der Waals surface area contributed by atoms with Crippen LogP contribution in [0.2, 0.25) is 0 Å². The summed E-state index contributed by atoms with van der Waals surface area (Å²) >= 11 is 1.39. The summed E-state index contributed by atoms with van der Waals surface area (Å²) < 4.78 is 0. The van der Waals surface area contributed by atoms with Gasteiger partial charge >= 0.3 is 5.97 Å². The second kappa shape index (κ2) is 3.42. The SMILES string of the molecule is O=C(O)[C@H]1CCC(=O)N1c1cccs1. The van der Waals surface area contributed by atoms with E-state index in [2.05, 4.69) is 0 Å². The average Bonchev–Trinajstić information content (AvgIpc) is 2.71. The molecule has 0 aliphatic carbocycles. The second-order valence-electron chi connectivity index (χ2n) is 3.11. The Labute approximate surface area is 84.8 Å². The van der Waals surface area contributed by atoms with E-state index in [9.17, 15) is 9.59 Å². The molecule has 0 spiro atoms. The third-order valence-electron chi connectivity index (χ3n) is 2.24. The van der Waals surface area contributed by atoms with Crippen LogP contribution in [0, 0.1) is 0 Å². The lowest BCUT2D eigenvalue weighted by atomic mass is 10.2. The number of carbonyl (C=O) groups is 2. The fourth-order valence-corrected chi connectivity index (χ4v) is 2.40. The molecule has 4 nitrogen and oxygen atoms in total. The van der Waals surface area contributed by atoms with Crippen molar-refractivity contribution in [1.82, 2.24) is 0 Å². The highest BCUT2D eigenvalue weighted by Crippen LogP contribution is 2.30. The van der Waals surface area contributed by atoms with E-state index in [1.807, 2.05) is 11.4 Å². The van der Waals surface area contributed by atoms with Gasteiger partial charge in [0.25, 0.3) is 0 Å². The minimum atomic E-state index is -0.927. The quantitative estimate of drug-likeness (QED) is 0.802. The molecule has 1 amide bonds. The summed E-state index contributed by atoms with van der Waals surface area (Å²) in [6, 6.07) is 2.90. The largest absolute Gasteiger partial charge is 0.480 e. The van der Waals surface area contributed by atoms with Crippen LogP contribution in [0.1, 0.15) is 12.8 Å². The minimum absolute atomic E-state index is 0.0974. The van der Waals surface area contributed by atoms with E-state index >= 15 is 0 Å². The van der Waals surface area contributed by atoms with Gasteiger partial charge in [-0.2, -0.15) is 0 Å². The van der Waals surface area contributed by atoms with Gasteiger partial charge in [-0.3, -0.25) is 9.69 Å². The van der Waals surface area contributed by atoms with Crippen molar-refractivity contribution in [2.45, 2.75) is 18.9 Å². The van der Waals surface area contributed by atoms with Gasteiger partial charge in [0.2, 0.25) is 5.91 Å². The number of anilines is 1. The summed E-state index contributed by atoms with van der Waals surface area (Å²) in [5.74, 6) is -1.02. The number of thiophene rings is 1. The lowest BCUT2D eigenvalue weighted by Crippen LogP contribution is -2.37. The average molecular weight is 211 g/mol. The predicted octanol–water partition coefficient (Wildman–Crippen LogP) is 1.33. The number of aliphatic carboxylic acids is 1. The number of carboxylic acids is 1. The molecular weight excluding hydrogens is 202 g/mol. The summed E-state index contributed by atoms with van der Waals surface area (Å²) in [7, 11) is 0. The number of carboxylic acid groups (broad SMARTS) is 1. The third kappa shape index (κ3) is 1.39. The van der Waals surface area contributed by atoms with Gasteiger partial charge in [0.05, 0.1) is 5.00 Å². The Kier molecular flexibility index (Phi) is 2.25. The van der Waals surface area contributed by atoms with E-state index < -0.39 is 12.0 Å². The Balaban J connectivity index is 2.31. The molecule has 1 atom stereocenters. The molecule has 0 bridgehead atoms. The van der Waals surface area contributed by atoms with Gasteiger partial charge in [-0.1, -0.05) is 0 Å². The lowest BCUT2D eigenvalue weighted by molar-refractivity contribution is -0.138. The molecule has 1 fully saturated rings. The van der Waals surface area contributed by atoms with Crippen molar-refractivity contribution in [2.75, 3.05) is 4.90 Å². The molecule has 0 radical (unpaired) electrons. The van der Waals surface area contributed by atoms with Crippen molar-refractivity contribution < 1.29 is 14.7 Å². The number of rotatable bonds is 2. The smallest absolute Gasteiger partial charge is 0.326 e. The van der Waals surface area contributed by atoms with Crippen molar-refractivity contribution in [3.05, 3.63) is 17.5 Å². The lowest BCUT2D eigenvalue weighted by Gasteiger charge is -2.19. The zero-order chi connectivity index (χ0) is 10.1. The topological polar surface area (TPSA) is 57.6 Å². The molecule has 1 aromatic rings. The first-order chi connectivity index (χ1) is 6.70. The van der Waals surface area contributed by atoms with Crippen molar-refractivity contribution in [1.29, 1.82) is 0 Å². The van der Waals surface area contributed by atoms with Crippen molar-refractivity contribution >= 4 is 28.2 Å². The number of amides is 1. The first kappa shape index (κ1) is 9.21. The van der Waals surface area contributed by atoms with Gasteiger partial charge in [-0.25, -0.2) is 4.79 Å². The van der Waals surface area contributed by atoms with E-state index in [0.29, 0.717) is 12.8 Å². The molecule has 1 aromatic heterocycles. The van der Waals surface area contributed by atoms with Crippen LogP contribution < -0.4 is 4.90 Å². The number of hydrogen-bond acceptors (Lipinski definition) is 3. The zero-order valence-corrected chi connectivity index (χ0v) is 8.16. The van der Waals surface area contributed by atoms with Crippen LogP contribution >= 0.6 is 11.3 Å². The van der Waals surface area contributed by atoms with Crippen molar-refractivity contribution in [3.63, 3.8) is 0 Å². The van der Waals surface area contributed by atoms with Crippen LogP contribution in [-0.2, 0) is 9.59 Å². The molecule has 2 heterocycles. The zero-order valence-electron chi connectivity index (χ0n) is 7.34. The number of hydrogen-bond donors (Lipinski definition) is 1. The van der Waals surface area contributed by atoms with Crippen molar-refractivity contribution in [3.8, 4) is 0 Å². The molecule has 1 aliphatic heterocycles. The summed E-state index contributed by atoms with van der Waals surface area (Å²) in [6.45, 7) is 0. The molecule has 1 N–H and O–H groups in total. The van der Waals surface area contributed by atoms with Gasteiger partial charge < -0.3 is 5.11 Å². The Morgan fingerprint density at radius 2 is 2.43 bits per heavy atom. The molecule has 0 unspecified atom stereocenters. The molecule has 1 saturated heterocycles. The van der Waals surface area contributed by atoms with Gasteiger partial charge in [-0.15, -0.1) is 11.3 Å². The first-order valence-electron chi connectivity index (χ1n) is 4.28. The highest BCUT2D eigenvalue weighted by atomic mass is 32.1. The Morgan fingerprint density at radius 1 is 1.64 bits per heavy atom. The molecular formula is C9H9NO3S. The minimum Gasteiger partial charge on any atom is -0.480 e. The number of carbonyl (C=O) groups excluding carboxylic acids is 1. The molecule has 0 aromatic carbocycles.